The average Bonchev–Trinajstić information content (AvgIpc) is 3.54. The fourth-order valence-electron chi connectivity index (χ4n) is 4.12. The van der Waals surface area contributed by atoms with Crippen LogP contribution in [0.1, 0.15) is 46.5 Å². The summed E-state index contributed by atoms with van der Waals surface area (Å²) in [5.74, 6) is -0.464. The molecule has 10 nitrogen and oxygen atoms in total. The maximum Gasteiger partial charge on any atom is 0.261 e. The van der Waals surface area contributed by atoms with Gasteiger partial charge in [-0.1, -0.05) is 0 Å². The molecule has 35 heavy (non-hydrogen) atoms. The first kappa shape index (κ1) is 23.2. The number of alkyl halides is 1. The number of nitrogens with zero attached hydrogens (tertiary/aromatic N) is 4. The quantitative estimate of drug-likeness (QED) is 0.529. The molecular weight excluding hydrogens is 457 g/mol. The molecule has 0 unspecified atom stereocenters. The van der Waals surface area contributed by atoms with Crippen LogP contribution in [0.15, 0.2) is 36.8 Å². The van der Waals surface area contributed by atoms with Crippen LogP contribution in [-0.4, -0.2) is 74.1 Å². The van der Waals surface area contributed by atoms with Gasteiger partial charge in [-0.15, -0.1) is 0 Å². The van der Waals surface area contributed by atoms with Crippen LogP contribution in [0.4, 0.5) is 10.1 Å². The maximum absolute atomic E-state index is 14.5. The van der Waals surface area contributed by atoms with Gasteiger partial charge in [0, 0.05) is 30.9 Å². The van der Waals surface area contributed by atoms with Crippen molar-refractivity contribution in [3.8, 4) is 5.75 Å². The van der Waals surface area contributed by atoms with Crippen LogP contribution in [0.5, 0.6) is 5.75 Å². The molecular formula is C24H26FN5O5. The topological polar surface area (TPSA) is 118 Å². The van der Waals surface area contributed by atoms with E-state index in [1.54, 1.807) is 30.6 Å². The van der Waals surface area contributed by atoms with Crippen LogP contribution in [0.3, 0.4) is 0 Å². The van der Waals surface area contributed by atoms with Crippen molar-refractivity contribution in [2.45, 2.75) is 44.7 Å². The smallest absolute Gasteiger partial charge is 0.261 e. The molecule has 0 aliphatic carbocycles. The summed E-state index contributed by atoms with van der Waals surface area (Å²) in [7, 11) is 0. The molecule has 2 amide bonds. The van der Waals surface area contributed by atoms with Crippen molar-refractivity contribution in [1.82, 2.24) is 19.5 Å². The Balaban J connectivity index is 1.45. The molecule has 2 aliphatic heterocycles. The minimum absolute atomic E-state index is 0.151. The Morgan fingerprint density at radius 2 is 2.26 bits per heavy atom. The van der Waals surface area contributed by atoms with E-state index in [1.807, 2.05) is 0 Å². The van der Waals surface area contributed by atoms with Crippen LogP contribution in [0, 0.1) is 0 Å². The molecule has 2 atom stereocenters. The van der Waals surface area contributed by atoms with Gasteiger partial charge in [-0.05, 0) is 37.6 Å². The van der Waals surface area contributed by atoms with Gasteiger partial charge < -0.3 is 24.8 Å². The maximum atomic E-state index is 14.5. The Bertz CT molecular complexity index is 1280. The second kappa shape index (κ2) is 8.90. The number of halogens is 1. The van der Waals surface area contributed by atoms with Crippen molar-refractivity contribution in [3.63, 3.8) is 0 Å². The monoisotopic (exact) mass is 483 g/mol. The first-order valence-corrected chi connectivity index (χ1v) is 11.4. The third-order valence-corrected chi connectivity index (χ3v) is 6.19. The molecule has 1 aromatic carbocycles. The average molecular weight is 484 g/mol. The standard InChI is InChI=1S/C24H26FN5O5/c1-24(2,33)20(25)12-29-11-14-8-18(19(9-16(14)23(29)32)35-15-4-7-34-13-15)28-22(31)17-10-27-30-6-3-5-26-21(17)30/h3,5-6,8-10,15,20,33H,4,7,11-13H2,1-2H3,(H,28,31)/t15-,20+/m0/s1. The third-order valence-electron chi connectivity index (χ3n) is 6.19. The number of benzene rings is 1. The van der Waals surface area contributed by atoms with E-state index in [0.29, 0.717) is 47.8 Å². The van der Waals surface area contributed by atoms with Gasteiger partial charge in [-0.2, -0.15) is 5.10 Å². The summed E-state index contributed by atoms with van der Waals surface area (Å²) >= 11 is 0. The van der Waals surface area contributed by atoms with E-state index in [1.165, 1.54) is 29.5 Å². The number of hydrogen-bond donors (Lipinski definition) is 2. The molecule has 0 spiro atoms. The lowest BCUT2D eigenvalue weighted by atomic mass is 10.0. The van der Waals surface area contributed by atoms with Crippen molar-refractivity contribution >= 4 is 23.1 Å². The summed E-state index contributed by atoms with van der Waals surface area (Å²) in [6, 6.07) is 4.96. The Morgan fingerprint density at radius 3 is 3.00 bits per heavy atom. The zero-order valence-electron chi connectivity index (χ0n) is 19.4. The van der Waals surface area contributed by atoms with Crippen molar-refractivity contribution in [3.05, 3.63) is 53.5 Å². The van der Waals surface area contributed by atoms with Crippen molar-refractivity contribution in [2.24, 2.45) is 0 Å². The molecule has 2 aromatic heterocycles. The van der Waals surface area contributed by atoms with E-state index < -0.39 is 17.7 Å². The second-order valence-corrected chi connectivity index (χ2v) is 9.32. The summed E-state index contributed by atoms with van der Waals surface area (Å²) in [5, 5.41) is 17.0. The Morgan fingerprint density at radius 1 is 1.43 bits per heavy atom. The van der Waals surface area contributed by atoms with E-state index in [-0.39, 0.29) is 30.7 Å². The highest BCUT2D eigenvalue weighted by atomic mass is 19.1. The molecule has 0 bridgehead atoms. The Hall–Kier alpha value is -3.57. The molecule has 1 saturated heterocycles. The number of amides is 2. The van der Waals surface area contributed by atoms with Crippen molar-refractivity contribution in [1.29, 1.82) is 0 Å². The molecule has 2 N–H and O–H groups in total. The molecule has 4 heterocycles. The molecule has 11 heteroatoms. The number of rotatable bonds is 7. The number of fused-ring (bicyclic) bond motifs is 2. The minimum Gasteiger partial charge on any atom is -0.486 e. The SMILES string of the molecule is CC(C)(O)[C@H](F)CN1Cc2cc(NC(=O)c3cnn4cccnc34)c(O[C@H]3CCOC3)cc2C1=O. The van der Waals surface area contributed by atoms with Gasteiger partial charge in [0.1, 0.15) is 23.6 Å². The first-order chi connectivity index (χ1) is 16.7. The van der Waals surface area contributed by atoms with Crippen LogP contribution < -0.4 is 10.1 Å². The van der Waals surface area contributed by atoms with Gasteiger partial charge >= 0.3 is 0 Å². The predicted octanol–water partition coefficient (Wildman–Crippen LogP) is 2.21. The molecule has 0 saturated carbocycles. The minimum atomic E-state index is -1.62. The van der Waals surface area contributed by atoms with Crippen LogP contribution in [0.2, 0.25) is 0 Å². The number of carbonyl (C=O) groups is 2. The number of hydrogen-bond acceptors (Lipinski definition) is 7. The predicted molar refractivity (Wildman–Crippen MR) is 123 cm³/mol. The third kappa shape index (κ3) is 4.56. The Labute approximate surface area is 200 Å². The molecule has 2 aliphatic rings. The summed E-state index contributed by atoms with van der Waals surface area (Å²) in [6.07, 6.45) is 3.53. The van der Waals surface area contributed by atoms with Gasteiger partial charge in [0.15, 0.2) is 5.65 Å². The van der Waals surface area contributed by atoms with Gasteiger partial charge in [-0.3, -0.25) is 9.59 Å². The fourth-order valence-corrected chi connectivity index (χ4v) is 4.12. The van der Waals surface area contributed by atoms with Gasteiger partial charge in [0.2, 0.25) is 0 Å². The number of ether oxygens (including phenoxy) is 2. The van der Waals surface area contributed by atoms with Crippen LogP contribution >= 0.6 is 0 Å². The number of carbonyl (C=O) groups excluding carboxylic acids is 2. The van der Waals surface area contributed by atoms with Crippen molar-refractivity contribution in [2.75, 3.05) is 25.1 Å². The van der Waals surface area contributed by atoms with E-state index >= 15 is 0 Å². The highest BCUT2D eigenvalue weighted by molar-refractivity contribution is 6.09. The summed E-state index contributed by atoms with van der Waals surface area (Å²) in [5.41, 5.74) is 0.487. The summed E-state index contributed by atoms with van der Waals surface area (Å²) in [6.45, 7) is 3.59. The number of aliphatic hydroxyl groups is 1. The first-order valence-electron chi connectivity index (χ1n) is 11.4. The lowest BCUT2D eigenvalue weighted by Gasteiger charge is -2.26. The largest absolute Gasteiger partial charge is 0.486 e. The van der Waals surface area contributed by atoms with E-state index in [2.05, 4.69) is 15.4 Å². The molecule has 184 valence electrons. The number of nitrogens with one attached hydrogen (secondary N) is 1. The second-order valence-electron chi connectivity index (χ2n) is 9.32. The van der Waals surface area contributed by atoms with E-state index in [4.69, 9.17) is 9.47 Å². The lowest BCUT2D eigenvalue weighted by molar-refractivity contribution is -0.0159. The highest BCUT2D eigenvalue weighted by Gasteiger charge is 2.35. The zero-order chi connectivity index (χ0) is 24.7. The van der Waals surface area contributed by atoms with Gasteiger partial charge in [0.05, 0.1) is 37.2 Å². The normalized spacial score (nSPS) is 18.7. The molecule has 5 rings (SSSR count). The van der Waals surface area contributed by atoms with E-state index in [0.717, 1.165) is 0 Å². The van der Waals surface area contributed by atoms with Crippen LogP contribution in [-0.2, 0) is 11.3 Å². The number of aromatic nitrogens is 3. The van der Waals surface area contributed by atoms with Gasteiger partial charge in [0.25, 0.3) is 11.8 Å². The highest BCUT2D eigenvalue weighted by Crippen LogP contribution is 2.36. The summed E-state index contributed by atoms with van der Waals surface area (Å²) in [4.78, 5) is 31.7. The zero-order valence-corrected chi connectivity index (χ0v) is 19.4. The molecule has 1 fully saturated rings. The van der Waals surface area contributed by atoms with Crippen molar-refractivity contribution < 1.29 is 28.6 Å². The fraction of sp³-hybridized carbons (Fsp3) is 0.417. The van der Waals surface area contributed by atoms with E-state index in [9.17, 15) is 19.1 Å². The molecule has 3 aromatic rings. The number of anilines is 1. The summed E-state index contributed by atoms with van der Waals surface area (Å²) < 4.78 is 27.5. The van der Waals surface area contributed by atoms with Gasteiger partial charge in [-0.25, -0.2) is 13.9 Å². The lowest BCUT2D eigenvalue weighted by Crippen LogP contribution is -2.42. The molecule has 0 radical (unpaired) electrons. The van der Waals surface area contributed by atoms with Crippen LogP contribution in [0.25, 0.3) is 5.65 Å². The Kier molecular flexibility index (Phi) is 5.89.